The first-order valence-corrected chi connectivity index (χ1v) is 3.92. The van der Waals surface area contributed by atoms with Crippen LogP contribution in [0.2, 0.25) is 5.02 Å². The average Bonchev–Trinajstić information content (AvgIpc) is 2.57. The summed E-state index contributed by atoms with van der Waals surface area (Å²) < 4.78 is 23.0. The summed E-state index contributed by atoms with van der Waals surface area (Å²) in [4.78, 5) is 3.45. The van der Waals surface area contributed by atoms with Crippen LogP contribution in [0.4, 0.5) is 4.39 Å². The van der Waals surface area contributed by atoms with Gasteiger partial charge in [-0.05, 0) is 6.07 Å². The third-order valence-corrected chi connectivity index (χ3v) is 1.91. The van der Waals surface area contributed by atoms with E-state index in [4.69, 9.17) is 21.1 Å². The zero-order chi connectivity index (χ0) is 9.26. The Balaban J connectivity index is 2.38. The van der Waals surface area contributed by atoms with Crippen LogP contribution in [0.5, 0.6) is 0 Å². The highest BCUT2D eigenvalue weighted by Crippen LogP contribution is 2.30. The molecule has 13 heavy (non-hydrogen) atoms. The Morgan fingerprint density at radius 1 is 1.38 bits per heavy atom. The van der Waals surface area contributed by atoms with Gasteiger partial charge >= 0.3 is 0 Å². The molecule has 0 atom stereocenters. The van der Waals surface area contributed by atoms with Crippen molar-refractivity contribution in [3.8, 4) is 0 Å². The van der Waals surface area contributed by atoms with Crippen molar-refractivity contribution in [3.05, 3.63) is 41.3 Å². The first-order valence-electron chi connectivity index (χ1n) is 3.55. The van der Waals surface area contributed by atoms with E-state index in [9.17, 15) is 4.39 Å². The molecule has 0 fully saturated rings. The highest BCUT2D eigenvalue weighted by molar-refractivity contribution is 6.31. The molecule has 0 saturated carbocycles. The lowest BCUT2D eigenvalue weighted by molar-refractivity contribution is -0.0275. The first-order chi connectivity index (χ1) is 6.29. The number of hydrogen-bond acceptors (Lipinski definition) is 3. The molecule has 1 aliphatic heterocycles. The second kappa shape index (κ2) is 3.22. The predicted octanol–water partition coefficient (Wildman–Crippen LogP) is 2.39. The SMILES string of the molecule is Fc1nccc(Cl)c1C1OC=CO1. The summed E-state index contributed by atoms with van der Waals surface area (Å²) in [5.74, 6) is -0.679. The summed E-state index contributed by atoms with van der Waals surface area (Å²) in [6.07, 6.45) is 3.12. The zero-order valence-electron chi connectivity index (χ0n) is 6.41. The molecular formula is C8H5ClFNO2. The van der Waals surface area contributed by atoms with Crippen LogP contribution in [0, 0.1) is 5.95 Å². The largest absolute Gasteiger partial charge is 0.455 e. The van der Waals surface area contributed by atoms with Gasteiger partial charge in [0.25, 0.3) is 6.29 Å². The van der Waals surface area contributed by atoms with E-state index in [-0.39, 0.29) is 10.6 Å². The summed E-state index contributed by atoms with van der Waals surface area (Å²) in [6.45, 7) is 0. The lowest BCUT2D eigenvalue weighted by atomic mass is 10.2. The molecule has 1 aliphatic rings. The van der Waals surface area contributed by atoms with Gasteiger partial charge < -0.3 is 9.47 Å². The molecule has 0 N–H and O–H groups in total. The summed E-state index contributed by atoms with van der Waals surface area (Å²) >= 11 is 5.74. The van der Waals surface area contributed by atoms with Crippen molar-refractivity contribution in [2.24, 2.45) is 0 Å². The minimum atomic E-state index is -0.818. The van der Waals surface area contributed by atoms with Crippen LogP contribution in [0.1, 0.15) is 11.9 Å². The minimum Gasteiger partial charge on any atom is -0.455 e. The van der Waals surface area contributed by atoms with Crippen LogP contribution in [-0.2, 0) is 9.47 Å². The van der Waals surface area contributed by atoms with Gasteiger partial charge in [0.15, 0.2) is 0 Å². The van der Waals surface area contributed by atoms with Crippen molar-refractivity contribution < 1.29 is 13.9 Å². The Labute approximate surface area is 78.7 Å². The van der Waals surface area contributed by atoms with Gasteiger partial charge in [0, 0.05) is 6.20 Å². The van der Waals surface area contributed by atoms with Crippen LogP contribution in [0.15, 0.2) is 24.8 Å². The standard InChI is InChI=1S/C8H5ClFNO2/c9-5-1-2-11-7(10)6(5)8-12-3-4-13-8/h1-4,8H. The summed E-state index contributed by atoms with van der Waals surface area (Å²) in [6, 6.07) is 1.48. The van der Waals surface area contributed by atoms with Crippen LogP contribution >= 0.6 is 11.6 Å². The van der Waals surface area contributed by atoms with Crippen LogP contribution < -0.4 is 0 Å². The van der Waals surface area contributed by atoms with Gasteiger partial charge in [-0.1, -0.05) is 11.6 Å². The van der Waals surface area contributed by atoms with E-state index in [2.05, 4.69) is 4.98 Å². The molecule has 0 aliphatic carbocycles. The molecular weight excluding hydrogens is 197 g/mol. The maximum Gasteiger partial charge on any atom is 0.272 e. The molecule has 0 amide bonds. The summed E-state index contributed by atoms with van der Waals surface area (Å²) in [5, 5.41) is 0.237. The molecule has 0 radical (unpaired) electrons. The van der Waals surface area contributed by atoms with Crippen LogP contribution in [-0.4, -0.2) is 4.98 Å². The average molecular weight is 202 g/mol. The van der Waals surface area contributed by atoms with E-state index in [0.29, 0.717) is 0 Å². The highest BCUT2D eigenvalue weighted by atomic mass is 35.5. The van der Waals surface area contributed by atoms with Crippen molar-refractivity contribution >= 4 is 11.6 Å². The van der Waals surface area contributed by atoms with Gasteiger partial charge in [0.1, 0.15) is 18.1 Å². The van der Waals surface area contributed by atoms with Gasteiger partial charge in [-0.15, -0.1) is 0 Å². The van der Waals surface area contributed by atoms with Gasteiger partial charge in [0.05, 0.1) is 5.02 Å². The van der Waals surface area contributed by atoms with Gasteiger partial charge in [-0.2, -0.15) is 4.39 Å². The van der Waals surface area contributed by atoms with Crippen molar-refractivity contribution in [2.45, 2.75) is 6.29 Å². The first kappa shape index (κ1) is 8.31. The Morgan fingerprint density at radius 3 is 2.69 bits per heavy atom. The molecule has 0 spiro atoms. The van der Waals surface area contributed by atoms with E-state index in [1.54, 1.807) is 0 Å². The topological polar surface area (TPSA) is 31.4 Å². The summed E-state index contributed by atoms with van der Waals surface area (Å²) in [5.41, 5.74) is 0.120. The molecule has 2 heterocycles. The van der Waals surface area contributed by atoms with E-state index in [1.807, 2.05) is 0 Å². The van der Waals surface area contributed by atoms with Gasteiger partial charge in [0.2, 0.25) is 5.95 Å². The molecule has 0 saturated heterocycles. The molecule has 5 heteroatoms. The third-order valence-electron chi connectivity index (χ3n) is 1.58. The van der Waals surface area contributed by atoms with Gasteiger partial charge in [-0.3, -0.25) is 0 Å². The van der Waals surface area contributed by atoms with Crippen molar-refractivity contribution in [1.82, 2.24) is 4.98 Å². The number of ether oxygens (including phenoxy) is 2. The Hall–Kier alpha value is -1.29. The molecule has 0 unspecified atom stereocenters. The molecule has 3 nitrogen and oxygen atoms in total. The fourth-order valence-electron chi connectivity index (χ4n) is 1.01. The fourth-order valence-corrected chi connectivity index (χ4v) is 1.23. The fraction of sp³-hybridized carbons (Fsp3) is 0.125. The Bertz CT molecular complexity index is 328. The van der Waals surface area contributed by atoms with E-state index in [1.165, 1.54) is 24.8 Å². The van der Waals surface area contributed by atoms with Crippen molar-refractivity contribution in [3.63, 3.8) is 0 Å². The second-order valence-corrected chi connectivity index (χ2v) is 2.78. The molecule has 0 aromatic carbocycles. The normalized spacial score (nSPS) is 15.5. The number of hydrogen-bond donors (Lipinski definition) is 0. The molecule has 2 rings (SSSR count). The molecule has 68 valence electrons. The highest BCUT2D eigenvalue weighted by Gasteiger charge is 2.23. The van der Waals surface area contributed by atoms with E-state index in [0.717, 1.165) is 0 Å². The molecule has 0 bridgehead atoms. The van der Waals surface area contributed by atoms with Gasteiger partial charge in [-0.25, -0.2) is 4.98 Å². The maximum atomic E-state index is 13.1. The van der Waals surface area contributed by atoms with Crippen LogP contribution in [0.3, 0.4) is 0 Å². The van der Waals surface area contributed by atoms with Crippen LogP contribution in [0.25, 0.3) is 0 Å². The second-order valence-electron chi connectivity index (χ2n) is 2.37. The quantitative estimate of drug-likeness (QED) is 0.654. The minimum absolute atomic E-state index is 0.120. The number of pyridine rings is 1. The predicted molar refractivity (Wildman–Crippen MR) is 43.3 cm³/mol. The lowest BCUT2D eigenvalue weighted by Gasteiger charge is -2.11. The zero-order valence-corrected chi connectivity index (χ0v) is 7.16. The lowest BCUT2D eigenvalue weighted by Crippen LogP contribution is -2.03. The smallest absolute Gasteiger partial charge is 0.272 e. The van der Waals surface area contributed by atoms with Crippen molar-refractivity contribution in [2.75, 3.05) is 0 Å². The molecule has 1 aromatic heterocycles. The Kier molecular flexibility index (Phi) is 2.06. The monoisotopic (exact) mass is 201 g/mol. The third kappa shape index (κ3) is 1.45. The molecule has 1 aromatic rings. The number of nitrogens with zero attached hydrogens (tertiary/aromatic N) is 1. The van der Waals surface area contributed by atoms with E-state index >= 15 is 0 Å². The van der Waals surface area contributed by atoms with Crippen molar-refractivity contribution in [1.29, 1.82) is 0 Å². The summed E-state index contributed by atoms with van der Waals surface area (Å²) in [7, 11) is 0. The van der Waals surface area contributed by atoms with E-state index < -0.39 is 12.2 Å². The number of aromatic nitrogens is 1. The number of halogens is 2. The number of rotatable bonds is 1. The Morgan fingerprint density at radius 2 is 2.08 bits per heavy atom. The maximum absolute atomic E-state index is 13.1.